The summed E-state index contributed by atoms with van der Waals surface area (Å²) in [6.07, 6.45) is 3.58. The third kappa shape index (κ3) is 5.28. The Morgan fingerprint density at radius 2 is 1.83 bits per heavy atom. The highest BCUT2D eigenvalue weighted by atomic mass is 32.2. The Morgan fingerprint density at radius 3 is 2.54 bits per heavy atom. The van der Waals surface area contributed by atoms with Gasteiger partial charge < -0.3 is 14.6 Å². The van der Waals surface area contributed by atoms with Crippen molar-refractivity contribution in [3.8, 4) is 5.75 Å². The molecule has 35 heavy (non-hydrogen) atoms. The number of nitrogens with zero attached hydrogens (tertiary/aromatic N) is 2. The van der Waals surface area contributed by atoms with E-state index in [0.717, 1.165) is 0 Å². The number of piperidine rings is 1. The first-order valence-electron chi connectivity index (χ1n) is 11.1. The molecular formula is C25H26FN3O5S. The smallest absolute Gasteiger partial charge is 0.248 e. The predicted octanol–water partition coefficient (Wildman–Crippen LogP) is 4.34. The molecule has 1 aromatic heterocycles. The van der Waals surface area contributed by atoms with Crippen molar-refractivity contribution in [3.63, 3.8) is 0 Å². The van der Waals surface area contributed by atoms with Crippen LogP contribution in [-0.4, -0.2) is 44.0 Å². The zero-order valence-corrected chi connectivity index (χ0v) is 20.2. The van der Waals surface area contributed by atoms with E-state index in [2.05, 4.69) is 10.5 Å². The fourth-order valence-corrected chi connectivity index (χ4v) is 5.76. The molecule has 3 aromatic rings. The van der Waals surface area contributed by atoms with Crippen LogP contribution in [0.3, 0.4) is 0 Å². The van der Waals surface area contributed by atoms with E-state index in [-0.39, 0.29) is 41.3 Å². The average molecular weight is 500 g/mol. The van der Waals surface area contributed by atoms with Gasteiger partial charge in [-0.2, -0.15) is 4.31 Å². The molecule has 0 saturated carbocycles. The second kappa shape index (κ2) is 10.4. The van der Waals surface area contributed by atoms with Gasteiger partial charge >= 0.3 is 0 Å². The van der Waals surface area contributed by atoms with Crippen molar-refractivity contribution in [1.29, 1.82) is 0 Å². The summed E-state index contributed by atoms with van der Waals surface area (Å²) >= 11 is 0. The molecule has 2 aromatic carbocycles. The Morgan fingerprint density at radius 1 is 1.14 bits per heavy atom. The van der Waals surface area contributed by atoms with Crippen LogP contribution in [0.5, 0.6) is 5.75 Å². The minimum absolute atomic E-state index is 0.0294. The van der Waals surface area contributed by atoms with Gasteiger partial charge in [0.1, 0.15) is 17.3 Å². The molecule has 10 heteroatoms. The lowest BCUT2D eigenvalue weighted by molar-refractivity contribution is -0.120. The van der Waals surface area contributed by atoms with E-state index in [1.54, 1.807) is 43.3 Å². The molecule has 0 atom stereocenters. The third-order valence-corrected chi connectivity index (χ3v) is 8.00. The van der Waals surface area contributed by atoms with Crippen LogP contribution < -0.4 is 10.1 Å². The van der Waals surface area contributed by atoms with Crippen LogP contribution in [-0.2, 0) is 14.8 Å². The van der Waals surface area contributed by atoms with Crippen LogP contribution in [0.2, 0.25) is 0 Å². The minimum Gasteiger partial charge on any atom is -0.495 e. The fraction of sp³-hybridized carbons (Fsp3) is 0.280. The topological polar surface area (TPSA) is 102 Å². The normalized spacial score (nSPS) is 15.4. The molecule has 1 fully saturated rings. The first-order chi connectivity index (χ1) is 16.8. The van der Waals surface area contributed by atoms with Gasteiger partial charge in [0.25, 0.3) is 0 Å². The van der Waals surface area contributed by atoms with Crippen molar-refractivity contribution in [2.24, 2.45) is 5.92 Å². The highest BCUT2D eigenvalue weighted by Crippen LogP contribution is 2.30. The zero-order chi connectivity index (χ0) is 25.0. The maximum Gasteiger partial charge on any atom is 0.248 e. The Hall–Kier alpha value is -3.50. The second-order valence-corrected chi connectivity index (χ2v) is 10.1. The van der Waals surface area contributed by atoms with Gasteiger partial charge in [-0.05, 0) is 50.1 Å². The van der Waals surface area contributed by atoms with Gasteiger partial charge in [0.05, 0.1) is 12.8 Å². The van der Waals surface area contributed by atoms with Gasteiger partial charge in [0.15, 0.2) is 10.7 Å². The average Bonchev–Trinajstić information content (AvgIpc) is 3.25. The summed E-state index contributed by atoms with van der Waals surface area (Å²) in [7, 11) is -2.40. The van der Waals surface area contributed by atoms with Crippen molar-refractivity contribution in [1.82, 2.24) is 9.46 Å². The Bertz CT molecular complexity index is 1340. The number of anilines is 1. The van der Waals surface area contributed by atoms with Crippen molar-refractivity contribution >= 4 is 33.8 Å². The van der Waals surface area contributed by atoms with Gasteiger partial charge in [-0.15, -0.1) is 0 Å². The Balaban J connectivity index is 1.46. The SMILES string of the molecule is COc1ccccc1NC(=O)C1CCN(S(=O)(=O)c2c(C)noc2/C=C/c2ccccc2F)CC1. The number of ether oxygens (including phenoxy) is 1. The van der Waals surface area contributed by atoms with Crippen LogP contribution in [0.25, 0.3) is 12.2 Å². The van der Waals surface area contributed by atoms with Crippen LogP contribution in [0.4, 0.5) is 10.1 Å². The number of para-hydroxylation sites is 2. The summed E-state index contributed by atoms with van der Waals surface area (Å²) < 4.78 is 52.6. The fourth-order valence-electron chi connectivity index (χ4n) is 4.04. The van der Waals surface area contributed by atoms with Crippen LogP contribution in [0.1, 0.15) is 29.9 Å². The van der Waals surface area contributed by atoms with Gasteiger partial charge in [-0.1, -0.05) is 35.5 Å². The van der Waals surface area contributed by atoms with Gasteiger partial charge in [0.2, 0.25) is 15.9 Å². The van der Waals surface area contributed by atoms with E-state index >= 15 is 0 Å². The Kier molecular flexibility index (Phi) is 7.32. The second-order valence-electron chi connectivity index (χ2n) is 8.18. The number of hydrogen-bond donors (Lipinski definition) is 1. The highest BCUT2D eigenvalue weighted by molar-refractivity contribution is 7.89. The molecule has 1 aliphatic rings. The molecule has 1 saturated heterocycles. The summed E-state index contributed by atoms with van der Waals surface area (Å²) in [4.78, 5) is 12.7. The molecule has 1 amide bonds. The lowest BCUT2D eigenvalue weighted by Crippen LogP contribution is -2.41. The number of aryl methyl sites for hydroxylation is 1. The molecule has 1 N–H and O–H groups in total. The first-order valence-corrected chi connectivity index (χ1v) is 12.6. The van der Waals surface area contributed by atoms with E-state index in [0.29, 0.717) is 29.8 Å². The molecule has 0 aliphatic carbocycles. The maximum atomic E-state index is 13.9. The number of methoxy groups -OCH3 is 1. The minimum atomic E-state index is -3.93. The third-order valence-electron chi connectivity index (χ3n) is 5.94. The quantitative estimate of drug-likeness (QED) is 0.519. The van der Waals surface area contributed by atoms with E-state index in [1.807, 2.05) is 6.07 Å². The molecule has 4 rings (SSSR count). The molecule has 2 heterocycles. The van der Waals surface area contributed by atoms with E-state index < -0.39 is 15.8 Å². The van der Waals surface area contributed by atoms with E-state index in [4.69, 9.17) is 9.26 Å². The molecule has 0 spiro atoms. The largest absolute Gasteiger partial charge is 0.495 e. The summed E-state index contributed by atoms with van der Waals surface area (Å²) in [6, 6.07) is 13.3. The predicted molar refractivity (Wildman–Crippen MR) is 130 cm³/mol. The number of aromatic nitrogens is 1. The van der Waals surface area contributed by atoms with E-state index in [1.165, 1.54) is 29.6 Å². The zero-order valence-electron chi connectivity index (χ0n) is 19.4. The standard InChI is InChI=1S/C25H26FN3O5S/c1-17-24(23(34-28-17)12-11-18-7-3-4-8-20(18)26)35(31,32)29-15-13-19(14-16-29)25(30)27-21-9-5-6-10-22(21)33-2/h3-12,19H,13-16H2,1-2H3,(H,27,30)/b12-11+. The lowest BCUT2D eigenvalue weighted by Gasteiger charge is -2.30. The Labute approximate surface area is 203 Å². The number of rotatable bonds is 7. The molecule has 184 valence electrons. The van der Waals surface area contributed by atoms with Crippen LogP contribution >= 0.6 is 0 Å². The number of benzene rings is 2. The first kappa shape index (κ1) is 24.6. The number of nitrogens with one attached hydrogen (secondary N) is 1. The van der Waals surface area contributed by atoms with Crippen molar-refractivity contribution in [3.05, 3.63) is 71.4 Å². The molecule has 0 unspecified atom stereocenters. The molecule has 1 aliphatic heterocycles. The number of hydrogen-bond acceptors (Lipinski definition) is 6. The molecule has 0 bridgehead atoms. The van der Waals surface area contributed by atoms with Crippen LogP contribution in [0, 0.1) is 18.7 Å². The number of carbonyl (C=O) groups is 1. The van der Waals surface area contributed by atoms with Crippen molar-refractivity contribution in [2.75, 3.05) is 25.5 Å². The van der Waals surface area contributed by atoms with Gasteiger partial charge in [-0.25, -0.2) is 12.8 Å². The lowest BCUT2D eigenvalue weighted by atomic mass is 9.97. The summed E-state index contributed by atoms with van der Waals surface area (Å²) in [6.45, 7) is 1.89. The number of sulfonamides is 1. The summed E-state index contributed by atoms with van der Waals surface area (Å²) in [5.41, 5.74) is 1.09. The number of halogens is 1. The highest BCUT2D eigenvalue weighted by Gasteiger charge is 2.36. The van der Waals surface area contributed by atoms with E-state index in [9.17, 15) is 17.6 Å². The van der Waals surface area contributed by atoms with Crippen LogP contribution in [0.15, 0.2) is 57.9 Å². The maximum absolute atomic E-state index is 13.9. The van der Waals surface area contributed by atoms with Crippen molar-refractivity contribution < 1.29 is 26.9 Å². The number of carbonyl (C=O) groups excluding carboxylic acids is 1. The molecular weight excluding hydrogens is 473 g/mol. The summed E-state index contributed by atoms with van der Waals surface area (Å²) in [5, 5.41) is 6.69. The van der Waals surface area contributed by atoms with Crippen molar-refractivity contribution in [2.45, 2.75) is 24.7 Å². The van der Waals surface area contributed by atoms with Gasteiger partial charge in [0, 0.05) is 24.6 Å². The molecule has 8 nitrogen and oxygen atoms in total. The summed E-state index contributed by atoms with van der Waals surface area (Å²) in [5.74, 6) is -0.365. The van der Waals surface area contributed by atoms with Gasteiger partial charge in [-0.3, -0.25) is 4.79 Å². The molecule has 0 radical (unpaired) electrons. The number of amides is 1. The monoisotopic (exact) mass is 499 g/mol.